The van der Waals surface area contributed by atoms with Gasteiger partial charge in [0.15, 0.2) is 0 Å². The molecule has 0 bridgehead atoms. The molecule has 0 heterocycles. The summed E-state index contributed by atoms with van der Waals surface area (Å²) in [6.45, 7) is 4.93. The van der Waals surface area contributed by atoms with E-state index in [-0.39, 0.29) is 17.9 Å². The number of halogens is 2. The average Bonchev–Trinajstić information content (AvgIpc) is 2.78. The number of hydrogen-bond acceptors (Lipinski definition) is 3. The first-order chi connectivity index (χ1) is 15.7. The molecule has 6 heteroatoms. The Bertz CT molecular complexity index is 912. The van der Waals surface area contributed by atoms with Gasteiger partial charge >= 0.3 is 0 Å². The Hall–Kier alpha value is -1.59. The van der Waals surface area contributed by atoms with Gasteiger partial charge in [0.25, 0.3) is 0 Å². The Kier molecular flexibility index (Phi) is 9.23. The molecule has 1 unspecified atom stereocenters. The average molecular weight is 492 g/mol. The summed E-state index contributed by atoms with van der Waals surface area (Å²) in [6, 6.07) is 15.8. The minimum Gasteiger partial charge on any atom is -0.390 e. The van der Waals surface area contributed by atoms with E-state index >= 15 is 0 Å². The second kappa shape index (κ2) is 11.7. The van der Waals surface area contributed by atoms with Crippen molar-refractivity contribution >= 4 is 29.1 Å². The fourth-order valence-electron chi connectivity index (χ4n) is 4.91. The molecule has 1 aliphatic rings. The number of carbonyl (C=O) groups excluding carboxylic acids is 1. The maximum absolute atomic E-state index is 12.7. The molecule has 1 aliphatic carbocycles. The third-order valence-corrected chi connectivity index (χ3v) is 7.50. The lowest BCUT2D eigenvalue weighted by Crippen LogP contribution is -2.60. The minimum absolute atomic E-state index is 0.0390. The van der Waals surface area contributed by atoms with Crippen LogP contribution in [-0.4, -0.2) is 34.7 Å². The van der Waals surface area contributed by atoms with Crippen LogP contribution in [0.1, 0.15) is 63.5 Å². The van der Waals surface area contributed by atoms with Gasteiger partial charge in [0, 0.05) is 24.5 Å². The maximum atomic E-state index is 12.7. The summed E-state index contributed by atoms with van der Waals surface area (Å²) < 4.78 is 0. The van der Waals surface area contributed by atoms with E-state index in [9.17, 15) is 9.90 Å². The topological polar surface area (TPSA) is 61.4 Å². The number of aliphatic hydroxyl groups is 1. The molecule has 1 saturated carbocycles. The van der Waals surface area contributed by atoms with Crippen LogP contribution >= 0.6 is 23.2 Å². The Morgan fingerprint density at radius 2 is 1.73 bits per heavy atom. The number of nitrogens with one attached hydrogen (secondary N) is 2. The van der Waals surface area contributed by atoms with E-state index in [1.807, 2.05) is 24.3 Å². The Labute approximate surface area is 208 Å². The third-order valence-electron chi connectivity index (χ3n) is 6.76. The maximum Gasteiger partial charge on any atom is 0.224 e. The fraction of sp³-hybridized carbons (Fsp3) is 0.519. The normalized spacial score (nSPS) is 23.8. The number of hydrogen-bond donors (Lipinski definition) is 3. The van der Waals surface area contributed by atoms with Gasteiger partial charge in [-0.15, -0.1) is 0 Å². The molecule has 3 rings (SSSR count). The number of benzene rings is 2. The van der Waals surface area contributed by atoms with E-state index in [0.717, 1.165) is 36.8 Å². The van der Waals surface area contributed by atoms with Gasteiger partial charge in [0.2, 0.25) is 5.91 Å². The van der Waals surface area contributed by atoms with Crippen LogP contribution in [0.2, 0.25) is 10.0 Å². The molecule has 0 saturated heterocycles. The lowest BCUT2D eigenvalue weighted by Gasteiger charge is -2.46. The van der Waals surface area contributed by atoms with Crippen molar-refractivity contribution < 1.29 is 9.90 Å². The summed E-state index contributed by atoms with van der Waals surface area (Å²) >= 11 is 12.1. The first-order valence-corrected chi connectivity index (χ1v) is 12.7. The van der Waals surface area contributed by atoms with Crippen molar-refractivity contribution in [1.29, 1.82) is 0 Å². The molecule has 2 aromatic carbocycles. The highest BCUT2D eigenvalue weighted by molar-refractivity contribution is 6.42. The summed E-state index contributed by atoms with van der Waals surface area (Å²) in [4.78, 5) is 12.7. The fourth-order valence-corrected chi connectivity index (χ4v) is 5.23. The van der Waals surface area contributed by atoms with E-state index in [4.69, 9.17) is 23.2 Å². The number of amides is 1. The Morgan fingerprint density at radius 3 is 2.36 bits per heavy atom. The second-order valence-corrected chi connectivity index (χ2v) is 10.5. The van der Waals surface area contributed by atoms with Gasteiger partial charge < -0.3 is 15.7 Å². The zero-order valence-electron chi connectivity index (χ0n) is 19.7. The van der Waals surface area contributed by atoms with Gasteiger partial charge in [0.05, 0.1) is 22.1 Å². The molecule has 3 N–H and O–H groups in total. The molecule has 1 fully saturated rings. The highest BCUT2D eigenvalue weighted by atomic mass is 35.5. The van der Waals surface area contributed by atoms with E-state index in [2.05, 4.69) is 36.6 Å². The monoisotopic (exact) mass is 490 g/mol. The summed E-state index contributed by atoms with van der Waals surface area (Å²) in [6.07, 6.45) is 6.15. The zero-order valence-corrected chi connectivity index (χ0v) is 21.2. The van der Waals surface area contributed by atoms with Crippen molar-refractivity contribution in [3.8, 4) is 0 Å². The molecule has 33 heavy (non-hydrogen) atoms. The molecule has 0 aromatic heterocycles. The number of rotatable bonds is 10. The molecular formula is C27H36Cl2N2O2. The first-order valence-electron chi connectivity index (χ1n) is 12.0. The Balaban J connectivity index is 1.63. The van der Waals surface area contributed by atoms with Crippen LogP contribution in [0.25, 0.3) is 0 Å². The van der Waals surface area contributed by atoms with Crippen molar-refractivity contribution in [2.24, 2.45) is 0 Å². The molecule has 180 valence electrons. The van der Waals surface area contributed by atoms with E-state index in [0.29, 0.717) is 41.9 Å². The molecule has 4 nitrogen and oxygen atoms in total. The van der Waals surface area contributed by atoms with Crippen LogP contribution in [0, 0.1) is 0 Å². The molecular weight excluding hydrogens is 455 g/mol. The first kappa shape index (κ1) is 26.0. The highest BCUT2D eigenvalue weighted by Crippen LogP contribution is 2.37. The largest absolute Gasteiger partial charge is 0.390 e. The minimum atomic E-state index is -0.704. The highest BCUT2D eigenvalue weighted by Gasteiger charge is 2.42. The van der Waals surface area contributed by atoms with Crippen LogP contribution in [0.3, 0.4) is 0 Å². The molecule has 0 radical (unpaired) electrons. The van der Waals surface area contributed by atoms with Crippen molar-refractivity contribution in [3.63, 3.8) is 0 Å². The molecule has 2 aromatic rings. The summed E-state index contributed by atoms with van der Waals surface area (Å²) in [5.41, 5.74) is 1.08. The van der Waals surface area contributed by atoms with Gasteiger partial charge in [0.1, 0.15) is 0 Å². The second-order valence-electron chi connectivity index (χ2n) is 9.70. The lowest BCUT2D eigenvalue weighted by molar-refractivity contribution is -0.121. The van der Waals surface area contributed by atoms with Gasteiger partial charge in [-0.25, -0.2) is 0 Å². The smallest absolute Gasteiger partial charge is 0.224 e. The molecule has 0 aliphatic heterocycles. The van der Waals surface area contributed by atoms with Crippen LogP contribution in [0.15, 0.2) is 48.5 Å². The third kappa shape index (κ3) is 7.71. The van der Waals surface area contributed by atoms with Crippen molar-refractivity contribution in [1.82, 2.24) is 10.6 Å². The lowest BCUT2D eigenvalue weighted by atomic mass is 9.71. The summed E-state index contributed by atoms with van der Waals surface area (Å²) in [7, 11) is 0. The van der Waals surface area contributed by atoms with Gasteiger partial charge in [-0.3, -0.25) is 4.79 Å². The van der Waals surface area contributed by atoms with Crippen LogP contribution in [0.4, 0.5) is 0 Å². The Morgan fingerprint density at radius 1 is 1.03 bits per heavy atom. The van der Waals surface area contributed by atoms with E-state index in [1.165, 1.54) is 0 Å². The van der Waals surface area contributed by atoms with Crippen molar-refractivity contribution in [2.75, 3.05) is 6.54 Å². The predicted octanol–water partition coefficient (Wildman–Crippen LogP) is 5.72. The van der Waals surface area contributed by atoms with Crippen LogP contribution in [-0.2, 0) is 17.6 Å². The quantitative estimate of drug-likeness (QED) is 0.399. The van der Waals surface area contributed by atoms with Gasteiger partial charge in [-0.05, 0) is 62.3 Å². The standard InChI is InChI=1S/C27H36Cl2N2O2/c1-3-7-20(2)31-26(19-30-25(32)17-22-10-11-23(28)24(29)16-22)12-14-27(33,15-13-26)18-21-8-5-4-6-9-21/h4-6,8-11,16,20,31,33H,3,7,12-15,17-19H2,1-2H3,(H,30,32). The molecule has 0 spiro atoms. The van der Waals surface area contributed by atoms with E-state index in [1.54, 1.807) is 12.1 Å². The predicted molar refractivity (Wildman–Crippen MR) is 137 cm³/mol. The zero-order chi connectivity index (χ0) is 23.9. The summed E-state index contributed by atoms with van der Waals surface area (Å²) in [5, 5.41) is 19.2. The molecule has 1 amide bonds. The van der Waals surface area contributed by atoms with Gasteiger partial charge in [-0.2, -0.15) is 0 Å². The van der Waals surface area contributed by atoms with Crippen LogP contribution in [0.5, 0.6) is 0 Å². The number of carbonyl (C=O) groups is 1. The van der Waals surface area contributed by atoms with E-state index < -0.39 is 5.60 Å². The van der Waals surface area contributed by atoms with Crippen molar-refractivity contribution in [2.45, 2.75) is 82.4 Å². The van der Waals surface area contributed by atoms with Gasteiger partial charge in [-0.1, -0.05) is 72.9 Å². The SMILES string of the molecule is CCCC(C)NC1(CNC(=O)Cc2ccc(Cl)c(Cl)c2)CCC(O)(Cc2ccccc2)CC1. The van der Waals surface area contributed by atoms with Crippen LogP contribution < -0.4 is 10.6 Å². The van der Waals surface area contributed by atoms with Crippen molar-refractivity contribution in [3.05, 3.63) is 69.7 Å². The summed E-state index contributed by atoms with van der Waals surface area (Å²) in [5.74, 6) is -0.0390. The molecule has 1 atom stereocenters.